The molecular weight excluding hydrogens is 260 g/mol. The molecule has 0 radical (unpaired) electrons. The Bertz CT molecular complexity index is 496. The molecule has 0 aromatic heterocycles. The molecule has 0 saturated heterocycles. The van der Waals surface area contributed by atoms with Gasteiger partial charge in [-0.1, -0.05) is 13.8 Å². The van der Waals surface area contributed by atoms with Crippen LogP contribution in [0, 0.1) is 34.5 Å². The number of hydrogen-bond donors (Lipinski definition) is 0. The molecule has 0 aromatic carbocycles. The molecule has 2 heteroatoms. The minimum atomic E-state index is -0.00511. The van der Waals surface area contributed by atoms with Crippen LogP contribution >= 0.6 is 0 Å². The summed E-state index contributed by atoms with van der Waals surface area (Å²) >= 11 is 0. The first-order chi connectivity index (χ1) is 9.95. The van der Waals surface area contributed by atoms with Crippen molar-refractivity contribution < 1.29 is 9.59 Å². The molecule has 4 saturated carbocycles. The second kappa shape index (κ2) is 4.43. The quantitative estimate of drug-likeness (QED) is 0.670. The van der Waals surface area contributed by atoms with Crippen molar-refractivity contribution in [3.8, 4) is 0 Å². The lowest BCUT2D eigenvalue weighted by Gasteiger charge is -2.59. The summed E-state index contributed by atoms with van der Waals surface area (Å²) in [7, 11) is 0. The van der Waals surface area contributed by atoms with Gasteiger partial charge in [0.1, 0.15) is 11.6 Å². The van der Waals surface area contributed by atoms with Gasteiger partial charge in [0, 0.05) is 24.7 Å². The van der Waals surface area contributed by atoms with E-state index in [4.69, 9.17) is 0 Å². The monoisotopic (exact) mass is 288 g/mol. The molecule has 0 aromatic rings. The maximum Gasteiger partial charge on any atom is 0.139 e. The Kier molecular flexibility index (Phi) is 2.94. The fourth-order valence-corrected chi connectivity index (χ4v) is 6.82. The smallest absolute Gasteiger partial charge is 0.139 e. The molecule has 0 heterocycles. The summed E-state index contributed by atoms with van der Waals surface area (Å²) in [6.45, 7) is 4.72. The summed E-state index contributed by atoms with van der Waals surface area (Å²) in [5.41, 5.74) is 0.374. The van der Waals surface area contributed by atoms with E-state index in [0.29, 0.717) is 28.8 Å². The highest BCUT2D eigenvalue weighted by atomic mass is 16.1. The standard InChI is InChI=1S/C19H28O2/c1-18-9-7-13(20)11-12(18)3-4-14-15-5-6-17(21)19(15,2)10-8-16(14)18/h12,14-16H,3-11H2,1-2H3/t12-,14+,15+,16+,18-,19+/m0/s1. The average Bonchev–Trinajstić information content (AvgIpc) is 2.76. The zero-order chi connectivity index (χ0) is 14.8. The summed E-state index contributed by atoms with van der Waals surface area (Å²) in [6, 6.07) is 0. The van der Waals surface area contributed by atoms with Gasteiger partial charge in [0.05, 0.1) is 0 Å². The van der Waals surface area contributed by atoms with E-state index in [1.807, 2.05) is 0 Å². The van der Waals surface area contributed by atoms with Gasteiger partial charge in [-0.3, -0.25) is 9.59 Å². The molecule has 0 aliphatic heterocycles. The summed E-state index contributed by atoms with van der Waals surface area (Å²) in [5.74, 6) is 3.82. The van der Waals surface area contributed by atoms with Crippen molar-refractivity contribution in [2.24, 2.45) is 34.5 Å². The van der Waals surface area contributed by atoms with Crippen LogP contribution in [0.25, 0.3) is 0 Å². The van der Waals surface area contributed by atoms with Crippen molar-refractivity contribution in [3.63, 3.8) is 0 Å². The molecule has 4 rings (SSSR count). The Morgan fingerprint density at radius 2 is 1.71 bits per heavy atom. The molecule has 21 heavy (non-hydrogen) atoms. The third-order valence-electron chi connectivity index (χ3n) is 8.19. The summed E-state index contributed by atoms with van der Waals surface area (Å²) < 4.78 is 0. The SMILES string of the molecule is C[C@]12CCC(=O)C[C@@H]1CC[C@H]1[C@H]2CC[C@@]2(C)C(=O)CC[C@H]12. The van der Waals surface area contributed by atoms with Gasteiger partial charge < -0.3 is 0 Å². The highest BCUT2D eigenvalue weighted by Gasteiger charge is 2.60. The van der Waals surface area contributed by atoms with Gasteiger partial charge in [-0.05, 0) is 67.6 Å². The lowest BCUT2D eigenvalue weighted by Crippen LogP contribution is -2.53. The highest BCUT2D eigenvalue weighted by molar-refractivity contribution is 5.87. The summed E-state index contributed by atoms with van der Waals surface area (Å²) in [6.07, 6.45) is 9.53. The number of carbonyl (C=O) groups is 2. The Balaban J connectivity index is 1.65. The summed E-state index contributed by atoms with van der Waals surface area (Å²) in [5, 5.41) is 0. The Morgan fingerprint density at radius 1 is 0.905 bits per heavy atom. The minimum absolute atomic E-state index is 0.00511. The van der Waals surface area contributed by atoms with Gasteiger partial charge >= 0.3 is 0 Å². The van der Waals surface area contributed by atoms with E-state index >= 15 is 0 Å². The minimum Gasteiger partial charge on any atom is -0.300 e. The number of hydrogen-bond acceptors (Lipinski definition) is 2. The third kappa shape index (κ3) is 1.77. The molecule has 4 aliphatic rings. The zero-order valence-electron chi connectivity index (χ0n) is 13.5. The van der Waals surface area contributed by atoms with E-state index in [2.05, 4.69) is 13.8 Å². The van der Waals surface area contributed by atoms with Crippen LogP contribution in [0.15, 0.2) is 0 Å². The van der Waals surface area contributed by atoms with E-state index in [1.54, 1.807) is 0 Å². The van der Waals surface area contributed by atoms with E-state index in [1.165, 1.54) is 19.3 Å². The molecule has 2 nitrogen and oxygen atoms in total. The molecule has 0 spiro atoms. The molecule has 6 atom stereocenters. The van der Waals surface area contributed by atoms with E-state index < -0.39 is 0 Å². The van der Waals surface area contributed by atoms with E-state index in [9.17, 15) is 9.59 Å². The molecule has 0 bridgehead atoms. The van der Waals surface area contributed by atoms with Crippen molar-refractivity contribution in [1.29, 1.82) is 0 Å². The van der Waals surface area contributed by atoms with Crippen molar-refractivity contribution in [2.75, 3.05) is 0 Å². The highest BCUT2D eigenvalue weighted by Crippen LogP contribution is 2.65. The topological polar surface area (TPSA) is 34.1 Å². The van der Waals surface area contributed by atoms with Gasteiger partial charge in [-0.25, -0.2) is 0 Å². The molecule has 0 amide bonds. The third-order valence-corrected chi connectivity index (χ3v) is 8.19. The first-order valence-corrected chi connectivity index (χ1v) is 9.00. The van der Waals surface area contributed by atoms with Crippen LogP contribution in [-0.4, -0.2) is 11.6 Å². The summed E-state index contributed by atoms with van der Waals surface area (Å²) in [4.78, 5) is 24.2. The molecule has 0 N–H and O–H groups in total. The maximum absolute atomic E-state index is 12.4. The Morgan fingerprint density at radius 3 is 2.52 bits per heavy atom. The van der Waals surface area contributed by atoms with Crippen molar-refractivity contribution in [1.82, 2.24) is 0 Å². The van der Waals surface area contributed by atoms with Gasteiger partial charge in [-0.15, -0.1) is 0 Å². The number of rotatable bonds is 0. The molecule has 4 aliphatic carbocycles. The number of fused-ring (bicyclic) bond motifs is 5. The van der Waals surface area contributed by atoms with Crippen LogP contribution in [-0.2, 0) is 9.59 Å². The Labute approximate surface area is 128 Å². The normalized spacial score (nSPS) is 53.0. The van der Waals surface area contributed by atoms with Crippen LogP contribution in [0.2, 0.25) is 0 Å². The molecule has 4 fully saturated rings. The van der Waals surface area contributed by atoms with Crippen LogP contribution in [0.5, 0.6) is 0 Å². The average molecular weight is 288 g/mol. The first-order valence-electron chi connectivity index (χ1n) is 9.00. The maximum atomic E-state index is 12.4. The largest absolute Gasteiger partial charge is 0.300 e. The van der Waals surface area contributed by atoms with Crippen LogP contribution in [0.4, 0.5) is 0 Å². The van der Waals surface area contributed by atoms with Crippen LogP contribution in [0.1, 0.15) is 71.6 Å². The molecule has 0 unspecified atom stereocenters. The van der Waals surface area contributed by atoms with E-state index in [0.717, 1.165) is 50.4 Å². The predicted molar refractivity (Wildman–Crippen MR) is 81.7 cm³/mol. The predicted octanol–water partition coefficient (Wildman–Crippen LogP) is 4.17. The van der Waals surface area contributed by atoms with Crippen LogP contribution in [0.3, 0.4) is 0 Å². The lowest BCUT2D eigenvalue weighted by molar-refractivity contribution is -0.144. The van der Waals surface area contributed by atoms with Crippen LogP contribution < -0.4 is 0 Å². The van der Waals surface area contributed by atoms with Gasteiger partial charge in [0.15, 0.2) is 0 Å². The van der Waals surface area contributed by atoms with Crippen molar-refractivity contribution in [2.45, 2.75) is 71.6 Å². The molecular formula is C19H28O2. The zero-order valence-corrected chi connectivity index (χ0v) is 13.5. The Hall–Kier alpha value is -0.660. The van der Waals surface area contributed by atoms with E-state index in [-0.39, 0.29) is 5.41 Å². The molecule has 116 valence electrons. The fourth-order valence-electron chi connectivity index (χ4n) is 6.82. The van der Waals surface area contributed by atoms with Gasteiger partial charge in [-0.2, -0.15) is 0 Å². The van der Waals surface area contributed by atoms with Gasteiger partial charge in [0.25, 0.3) is 0 Å². The van der Waals surface area contributed by atoms with Crippen molar-refractivity contribution in [3.05, 3.63) is 0 Å². The van der Waals surface area contributed by atoms with Crippen molar-refractivity contribution >= 4 is 11.6 Å². The second-order valence-electron chi connectivity index (χ2n) is 8.82. The fraction of sp³-hybridized carbons (Fsp3) is 0.895. The lowest BCUT2D eigenvalue weighted by atomic mass is 9.45. The number of carbonyl (C=O) groups excluding carboxylic acids is 2. The number of Topliss-reactive ketones (excluding diaryl/α,β-unsaturated/α-hetero) is 2. The number of ketones is 2. The first kappa shape index (κ1) is 14.0. The van der Waals surface area contributed by atoms with Gasteiger partial charge in [0.2, 0.25) is 0 Å². The second-order valence-corrected chi connectivity index (χ2v) is 8.82.